The van der Waals surface area contributed by atoms with Gasteiger partial charge in [0.15, 0.2) is 17.2 Å². The van der Waals surface area contributed by atoms with Gasteiger partial charge in [0.25, 0.3) is 0 Å². The molecule has 0 radical (unpaired) electrons. The summed E-state index contributed by atoms with van der Waals surface area (Å²) >= 11 is 0. The summed E-state index contributed by atoms with van der Waals surface area (Å²) in [7, 11) is 1.71. The number of ketones is 1. The van der Waals surface area contributed by atoms with E-state index in [9.17, 15) is 4.79 Å². The largest absolute Gasteiger partial charge is 0.491 e. The van der Waals surface area contributed by atoms with E-state index in [2.05, 4.69) is 17.4 Å². The van der Waals surface area contributed by atoms with Crippen LogP contribution in [0.2, 0.25) is 0 Å². The van der Waals surface area contributed by atoms with Gasteiger partial charge in [-0.2, -0.15) is 0 Å². The fourth-order valence-corrected chi connectivity index (χ4v) is 3.51. The first kappa shape index (κ1) is 19.4. The number of Topliss-reactive ketones (excluding diaryl/α,β-unsaturated/α-hetero) is 1. The summed E-state index contributed by atoms with van der Waals surface area (Å²) < 4.78 is 6.40. The highest BCUT2D eigenvalue weighted by molar-refractivity contribution is 5.96. The van der Waals surface area contributed by atoms with E-state index in [0.29, 0.717) is 6.42 Å². The van der Waals surface area contributed by atoms with Crippen LogP contribution in [0.25, 0.3) is 0 Å². The Bertz CT molecular complexity index is 685. The van der Waals surface area contributed by atoms with Crippen LogP contribution in [0.15, 0.2) is 54.6 Å². The fraction of sp³-hybridized carbons (Fsp3) is 0.350. The van der Waals surface area contributed by atoms with E-state index >= 15 is 0 Å². The Hall–Kier alpha value is -1.88. The number of benzene rings is 2. The second-order valence-corrected chi connectivity index (χ2v) is 6.28. The quantitative estimate of drug-likeness (QED) is 0.633. The van der Waals surface area contributed by atoms with E-state index in [4.69, 9.17) is 4.74 Å². The summed E-state index contributed by atoms with van der Waals surface area (Å²) in [6, 6.07) is 17.8. The van der Waals surface area contributed by atoms with Gasteiger partial charge in [-0.25, -0.2) is 0 Å². The van der Waals surface area contributed by atoms with Crippen molar-refractivity contribution in [1.82, 2.24) is 9.80 Å². The molecule has 0 spiro atoms. The number of nitrogens with zero attached hydrogens (tertiary/aromatic N) is 1. The van der Waals surface area contributed by atoms with Crippen LogP contribution in [0, 0.1) is 0 Å². The Labute approximate surface area is 155 Å². The predicted molar refractivity (Wildman–Crippen MR) is 105 cm³/mol. The molecule has 25 heavy (non-hydrogen) atoms. The molecule has 5 heteroatoms. The smallest absolute Gasteiger partial charge is 0.179 e. The molecule has 2 aromatic rings. The van der Waals surface area contributed by atoms with E-state index in [1.807, 2.05) is 42.5 Å². The lowest BCUT2D eigenvalue weighted by atomic mass is 10.1. The third kappa shape index (κ3) is 4.40. The monoisotopic (exact) mass is 361 g/mol. The number of halogens is 1. The maximum atomic E-state index is 12.6. The van der Waals surface area contributed by atoms with Gasteiger partial charge in [0.2, 0.25) is 0 Å². The number of ether oxygens (including phenoxy) is 1. The molecule has 0 saturated carbocycles. The summed E-state index contributed by atoms with van der Waals surface area (Å²) in [4.78, 5) is 12.6. The highest BCUT2D eigenvalue weighted by Gasteiger charge is 2.35. The van der Waals surface area contributed by atoms with Gasteiger partial charge in [-0.05, 0) is 6.07 Å². The third-order valence-corrected chi connectivity index (χ3v) is 4.89. The van der Waals surface area contributed by atoms with Gasteiger partial charge >= 0.3 is 0 Å². The van der Waals surface area contributed by atoms with Crippen molar-refractivity contribution >= 4 is 23.9 Å². The van der Waals surface area contributed by atoms with Gasteiger partial charge in [-0.3, -0.25) is 9.28 Å². The molecular weight excluding hydrogens is 336 g/mol. The maximum Gasteiger partial charge on any atom is 0.179 e. The number of hydrogen-bond acceptors (Lipinski definition) is 3. The van der Waals surface area contributed by atoms with Gasteiger partial charge < -0.3 is 10.1 Å². The van der Waals surface area contributed by atoms with Gasteiger partial charge in [-0.15, -0.1) is 12.4 Å². The van der Waals surface area contributed by atoms with Crippen LogP contribution in [-0.4, -0.2) is 45.6 Å². The standard InChI is InChI=1S/C20H25N2O2.ClH/c1-24-20-10-6-5-9-18(20)22(15-12-21-13-16-22)14-11-19(23)17-7-3-2-4-8-17;/h2-10,21H,11-16H2,1H3;1H/q+1;. The molecule has 0 aliphatic carbocycles. The molecule has 134 valence electrons. The van der Waals surface area contributed by atoms with Crippen molar-refractivity contribution in [3.8, 4) is 5.75 Å². The van der Waals surface area contributed by atoms with E-state index in [-0.39, 0.29) is 18.2 Å². The molecular formula is C20H26ClN2O2+. The van der Waals surface area contributed by atoms with E-state index in [0.717, 1.165) is 48.5 Å². The molecule has 3 rings (SSSR count). The molecule has 1 aliphatic heterocycles. The molecule has 1 fully saturated rings. The summed E-state index contributed by atoms with van der Waals surface area (Å²) in [6.07, 6.45) is 0.544. The van der Waals surface area contributed by atoms with Crippen molar-refractivity contribution in [2.75, 3.05) is 39.8 Å². The van der Waals surface area contributed by atoms with Crippen molar-refractivity contribution in [3.63, 3.8) is 0 Å². The van der Waals surface area contributed by atoms with Crippen molar-refractivity contribution in [1.29, 1.82) is 0 Å². The minimum Gasteiger partial charge on any atom is -0.491 e. The number of quaternary nitrogens is 1. The maximum absolute atomic E-state index is 12.6. The third-order valence-electron chi connectivity index (χ3n) is 4.89. The normalized spacial score (nSPS) is 15.9. The first-order valence-corrected chi connectivity index (χ1v) is 8.54. The Balaban J connectivity index is 0.00000225. The average Bonchev–Trinajstić information content (AvgIpc) is 2.67. The topological polar surface area (TPSA) is 38.3 Å². The molecule has 1 heterocycles. The summed E-state index contributed by atoms with van der Waals surface area (Å²) in [5.41, 5.74) is 1.98. The van der Waals surface area contributed by atoms with Gasteiger partial charge in [-0.1, -0.05) is 42.5 Å². The zero-order chi connectivity index (χ0) is 16.8. The number of rotatable bonds is 6. The molecule has 0 atom stereocenters. The molecule has 1 N–H and O–H groups in total. The lowest BCUT2D eigenvalue weighted by Gasteiger charge is -2.41. The second kappa shape index (κ2) is 8.99. The molecule has 2 aromatic carbocycles. The number of carbonyl (C=O) groups is 1. The first-order chi connectivity index (χ1) is 11.7. The number of methoxy groups -OCH3 is 1. The Morgan fingerprint density at radius 3 is 2.36 bits per heavy atom. The first-order valence-electron chi connectivity index (χ1n) is 8.54. The van der Waals surface area contributed by atoms with Crippen LogP contribution >= 0.6 is 12.4 Å². The Morgan fingerprint density at radius 1 is 1.04 bits per heavy atom. The van der Waals surface area contributed by atoms with Crippen LogP contribution in [-0.2, 0) is 0 Å². The lowest BCUT2D eigenvalue weighted by molar-refractivity contribution is 0.0960. The van der Waals surface area contributed by atoms with E-state index in [1.165, 1.54) is 5.69 Å². The Morgan fingerprint density at radius 2 is 1.68 bits per heavy atom. The van der Waals surface area contributed by atoms with Crippen LogP contribution in [0.1, 0.15) is 16.8 Å². The lowest BCUT2D eigenvalue weighted by Crippen LogP contribution is -2.60. The molecule has 1 saturated heterocycles. The minimum absolute atomic E-state index is 0. The summed E-state index contributed by atoms with van der Waals surface area (Å²) in [6.45, 7) is 4.66. The SMILES string of the molecule is COc1ccccc1[N+]1(CCC(=O)c2ccccc2)CCNCC1.Cl. The van der Waals surface area contributed by atoms with Crippen molar-refractivity contribution in [3.05, 3.63) is 60.2 Å². The molecule has 1 aliphatic rings. The summed E-state index contributed by atoms with van der Waals surface area (Å²) in [5.74, 6) is 1.12. The van der Waals surface area contributed by atoms with Crippen LogP contribution in [0.3, 0.4) is 0 Å². The second-order valence-electron chi connectivity index (χ2n) is 6.28. The highest BCUT2D eigenvalue weighted by Crippen LogP contribution is 2.34. The molecule has 4 nitrogen and oxygen atoms in total. The zero-order valence-corrected chi connectivity index (χ0v) is 15.4. The minimum atomic E-state index is 0. The number of hydrogen-bond donors (Lipinski definition) is 1. The Kier molecular flexibility index (Phi) is 7.00. The highest BCUT2D eigenvalue weighted by atomic mass is 35.5. The van der Waals surface area contributed by atoms with Crippen LogP contribution < -0.4 is 14.5 Å². The zero-order valence-electron chi connectivity index (χ0n) is 14.6. The van der Waals surface area contributed by atoms with E-state index in [1.54, 1.807) is 7.11 Å². The number of carbonyl (C=O) groups excluding carboxylic acids is 1. The van der Waals surface area contributed by atoms with Crippen molar-refractivity contribution in [2.45, 2.75) is 6.42 Å². The van der Waals surface area contributed by atoms with Crippen LogP contribution in [0.4, 0.5) is 5.69 Å². The van der Waals surface area contributed by atoms with Gasteiger partial charge in [0.05, 0.1) is 33.2 Å². The van der Waals surface area contributed by atoms with Crippen molar-refractivity contribution < 1.29 is 9.53 Å². The van der Waals surface area contributed by atoms with E-state index < -0.39 is 0 Å². The molecule has 0 amide bonds. The molecule has 0 unspecified atom stereocenters. The molecule has 0 bridgehead atoms. The van der Waals surface area contributed by atoms with Crippen molar-refractivity contribution in [2.24, 2.45) is 0 Å². The molecule has 0 aromatic heterocycles. The number of nitrogens with one attached hydrogen (secondary N) is 1. The van der Waals surface area contributed by atoms with Crippen LogP contribution in [0.5, 0.6) is 5.75 Å². The summed E-state index contributed by atoms with van der Waals surface area (Å²) in [5, 5.41) is 3.42. The van der Waals surface area contributed by atoms with Gasteiger partial charge in [0.1, 0.15) is 0 Å². The predicted octanol–water partition coefficient (Wildman–Crippen LogP) is 3.30. The number of piperazine rings is 1. The van der Waals surface area contributed by atoms with Gasteiger partial charge in [0, 0.05) is 24.7 Å². The average molecular weight is 362 g/mol. The fourth-order valence-electron chi connectivity index (χ4n) is 3.51. The number of para-hydroxylation sites is 2.